The summed E-state index contributed by atoms with van der Waals surface area (Å²) in [5.74, 6) is 1.75. The van der Waals surface area contributed by atoms with Crippen molar-refractivity contribution in [2.75, 3.05) is 39.8 Å². The lowest BCUT2D eigenvalue weighted by atomic mass is 10.2. The van der Waals surface area contributed by atoms with E-state index in [2.05, 4.69) is 25.3 Å². The Morgan fingerprint density at radius 1 is 1.27 bits per heavy atom. The fourth-order valence-corrected chi connectivity index (χ4v) is 3.73. The number of carbonyl (C=O) groups is 1. The molecule has 2 fully saturated rings. The maximum atomic E-state index is 12.5. The lowest BCUT2D eigenvalue weighted by Crippen LogP contribution is -2.55. The minimum atomic E-state index is -0.241. The summed E-state index contributed by atoms with van der Waals surface area (Å²) in [6.45, 7) is 4.23. The molecule has 0 aliphatic carbocycles. The van der Waals surface area contributed by atoms with Crippen molar-refractivity contribution in [1.82, 2.24) is 29.9 Å². The number of amides is 1. The summed E-state index contributed by atoms with van der Waals surface area (Å²) in [4.78, 5) is 25.4. The first kappa shape index (κ1) is 22.5. The van der Waals surface area contributed by atoms with Crippen LogP contribution in [0.25, 0.3) is 5.82 Å². The number of aromatic nitrogens is 3. The van der Waals surface area contributed by atoms with Gasteiger partial charge in [-0.1, -0.05) is 0 Å². The molecule has 0 radical (unpaired) electrons. The zero-order valence-electron chi connectivity index (χ0n) is 17.1. The van der Waals surface area contributed by atoms with Crippen molar-refractivity contribution in [1.29, 1.82) is 0 Å². The molecule has 30 heavy (non-hydrogen) atoms. The average Bonchev–Trinajstić information content (AvgIpc) is 3.49. The van der Waals surface area contributed by atoms with E-state index in [0.717, 1.165) is 43.3 Å². The van der Waals surface area contributed by atoms with Crippen LogP contribution in [-0.4, -0.2) is 82.4 Å². The SMILES string of the molecule is CN=C(NCc1ccnc(-n2cccn2)c1)N1CCN(C(=O)C2CCCO2)CC1.I. The first-order chi connectivity index (χ1) is 14.2. The van der Waals surface area contributed by atoms with Gasteiger partial charge in [-0.25, -0.2) is 9.67 Å². The largest absolute Gasteiger partial charge is 0.368 e. The Bertz CT molecular complexity index is 845. The first-order valence-electron chi connectivity index (χ1n) is 10.1. The molecule has 2 aromatic heterocycles. The molecule has 9 nitrogen and oxygen atoms in total. The summed E-state index contributed by atoms with van der Waals surface area (Å²) in [6, 6.07) is 5.86. The van der Waals surface area contributed by atoms with Crippen LogP contribution >= 0.6 is 24.0 Å². The topological polar surface area (TPSA) is 87.9 Å². The Hall–Kier alpha value is -2.21. The van der Waals surface area contributed by atoms with Gasteiger partial charge in [0.15, 0.2) is 11.8 Å². The molecule has 0 aromatic carbocycles. The summed E-state index contributed by atoms with van der Waals surface area (Å²) in [5.41, 5.74) is 1.10. The molecule has 2 saturated heterocycles. The van der Waals surface area contributed by atoms with Gasteiger partial charge in [0.1, 0.15) is 6.10 Å². The van der Waals surface area contributed by atoms with Gasteiger partial charge in [-0.2, -0.15) is 5.10 Å². The van der Waals surface area contributed by atoms with Gasteiger partial charge in [0.25, 0.3) is 5.91 Å². The van der Waals surface area contributed by atoms with E-state index < -0.39 is 0 Å². The van der Waals surface area contributed by atoms with Gasteiger partial charge in [0.05, 0.1) is 0 Å². The molecular weight excluding hydrogens is 497 g/mol. The van der Waals surface area contributed by atoms with Gasteiger partial charge in [0, 0.05) is 65.0 Å². The smallest absolute Gasteiger partial charge is 0.251 e. The number of pyridine rings is 1. The second-order valence-electron chi connectivity index (χ2n) is 7.19. The summed E-state index contributed by atoms with van der Waals surface area (Å²) in [7, 11) is 1.79. The summed E-state index contributed by atoms with van der Waals surface area (Å²) in [6.07, 6.45) is 6.97. The average molecular weight is 525 g/mol. The number of guanidine groups is 1. The van der Waals surface area contributed by atoms with E-state index in [1.165, 1.54) is 0 Å². The third-order valence-corrected chi connectivity index (χ3v) is 5.31. The highest BCUT2D eigenvalue weighted by atomic mass is 127. The summed E-state index contributed by atoms with van der Waals surface area (Å²) < 4.78 is 7.27. The van der Waals surface area contributed by atoms with Crippen LogP contribution in [0.3, 0.4) is 0 Å². The second kappa shape index (κ2) is 10.7. The number of aliphatic imine (C=N–C) groups is 1. The third-order valence-electron chi connectivity index (χ3n) is 5.31. The van der Waals surface area contributed by atoms with Crippen LogP contribution in [0.4, 0.5) is 0 Å². The van der Waals surface area contributed by atoms with Crippen LogP contribution in [0.2, 0.25) is 0 Å². The van der Waals surface area contributed by atoms with E-state index in [4.69, 9.17) is 4.74 Å². The van der Waals surface area contributed by atoms with Crippen molar-refractivity contribution in [3.8, 4) is 5.82 Å². The predicted molar refractivity (Wildman–Crippen MR) is 124 cm³/mol. The zero-order valence-corrected chi connectivity index (χ0v) is 19.4. The minimum Gasteiger partial charge on any atom is -0.368 e. The number of rotatable bonds is 4. The monoisotopic (exact) mass is 525 g/mol. The number of halogens is 1. The molecule has 162 valence electrons. The fraction of sp³-hybridized carbons (Fsp3) is 0.500. The number of hydrogen-bond donors (Lipinski definition) is 1. The van der Waals surface area contributed by atoms with Gasteiger partial charge < -0.3 is 19.9 Å². The molecule has 10 heteroatoms. The highest BCUT2D eigenvalue weighted by molar-refractivity contribution is 14.0. The van der Waals surface area contributed by atoms with Crippen molar-refractivity contribution in [2.45, 2.75) is 25.5 Å². The summed E-state index contributed by atoms with van der Waals surface area (Å²) in [5, 5.41) is 7.64. The fourth-order valence-electron chi connectivity index (χ4n) is 3.73. The van der Waals surface area contributed by atoms with E-state index in [-0.39, 0.29) is 36.0 Å². The minimum absolute atomic E-state index is 0. The number of hydrogen-bond acceptors (Lipinski definition) is 5. The van der Waals surface area contributed by atoms with Crippen LogP contribution < -0.4 is 5.32 Å². The molecule has 1 unspecified atom stereocenters. The van der Waals surface area contributed by atoms with Crippen molar-refractivity contribution < 1.29 is 9.53 Å². The highest BCUT2D eigenvalue weighted by Gasteiger charge is 2.30. The molecule has 4 heterocycles. The lowest BCUT2D eigenvalue weighted by molar-refractivity contribution is -0.142. The van der Waals surface area contributed by atoms with Gasteiger partial charge in [-0.3, -0.25) is 9.79 Å². The van der Waals surface area contributed by atoms with Gasteiger partial charge in [0.2, 0.25) is 0 Å². The molecule has 0 bridgehead atoms. The molecule has 4 rings (SSSR count). The van der Waals surface area contributed by atoms with Crippen molar-refractivity contribution in [2.24, 2.45) is 4.99 Å². The molecule has 0 spiro atoms. The van der Waals surface area contributed by atoms with Crippen molar-refractivity contribution in [3.63, 3.8) is 0 Å². The van der Waals surface area contributed by atoms with E-state index >= 15 is 0 Å². The van der Waals surface area contributed by atoms with Crippen LogP contribution in [0.5, 0.6) is 0 Å². The Morgan fingerprint density at radius 2 is 2.07 bits per heavy atom. The van der Waals surface area contributed by atoms with E-state index in [1.807, 2.05) is 29.3 Å². The number of nitrogens with one attached hydrogen (secondary N) is 1. The Morgan fingerprint density at radius 3 is 2.73 bits per heavy atom. The van der Waals surface area contributed by atoms with E-state index in [0.29, 0.717) is 26.2 Å². The normalized spacial score (nSPS) is 19.5. The first-order valence-corrected chi connectivity index (χ1v) is 10.1. The van der Waals surface area contributed by atoms with Crippen molar-refractivity contribution in [3.05, 3.63) is 42.4 Å². The molecule has 2 aliphatic rings. The van der Waals surface area contributed by atoms with E-state index in [9.17, 15) is 4.79 Å². The maximum Gasteiger partial charge on any atom is 0.251 e. The Labute approximate surface area is 193 Å². The number of nitrogens with zero attached hydrogens (tertiary/aromatic N) is 6. The number of carbonyl (C=O) groups excluding carboxylic acids is 1. The van der Waals surface area contributed by atoms with Crippen LogP contribution in [0.15, 0.2) is 41.8 Å². The molecular formula is C20H28IN7O2. The number of ether oxygens (including phenoxy) is 1. The molecule has 2 aliphatic heterocycles. The standard InChI is InChI=1S/C20H27N7O2.HI/c1-21-20(23-15-16-5-7-22-18(14-16)27-8-3-6-24-27)26-11-9-25(10-12-26)19(28)17-4-2-13-29-17;/h3,5-8,14,17H,2,4,9-13,15H2,1H3,(H,21,23);1H. The molecule has 1 amide bonds. The third kappa shape index (κ3) is 5.28. The predicted octanol–water partition coefficient (Wildman–Crippen LogP) is 1.28. The van der Waals surface area contributed by atoms with Gasteiger partial charge >= 0.3 is 0 Å². The van der Waals surface area contributed by atoms with Crippen molar-refractivity contribution >= 4 is 35.8 Å². The molecule has 2 aromatic rings. The van der Waals surface area contributed by atoms with E-state index in [1.54, 1.807) is 24.1 Å². The second-order valence-corrected chi connectivity index (χ2v) is 7.19. The Balaban J connectivity index is 0.00000256. The van der Waals surface area contributed by atoms with Gasteiger partial charge in [-0.15, -0.1) is 24.0 Å². The molecule has 0 saturated carbocycles. The molecule has 1 atom stereocenters. The highest BCUT2D eigenvalue weighted by Crippen LogP contribution is 2.16. The van der Waals surface area contributed by atoms with Crippen LogP contribution in [0, 0.1) is 0 Å². The maximum absolute atomic E-state index is 12.5. The summed E-state index contributed by atoms with van der Waals surface area (Å²) >= 11 is 0. The zero-order chi connectivity index (χ0) is 20.1. The van der Waals surface area contributed by atoms with Gasteiger partial charge in [-0.05, 0) is 36.6 Å². The Kier molecular flexibility index (Phi) is 8.02. The molecule has 1 N–H and O–H groups in total. The number of piperazine rings is 1. The van der Waals surface area contributed by atoms with Crippen LogP contribution in [0.1, 0.15) is 18.4 Å². The quantitative estimate of drug-likeness (QED) is 0.368. The lowest BCUT2D eigenvalue weighted by Gasteiger charge is -2.37. The van der Waals surface area contributed by atoms with Crippen LogP contribution in [-0.2, 0) is 16.1 Å².